The zero-order valence-electron chi connectivity index (χ0n) is 10.6. The minimum Gasteiger partial charge on any atom is -0.315 e. The van der Waals surface area contributed by atoms with Crippen LogP contribution in [0.4, 0.5) is 0 Å². The van der Waals surface area contributed by atoms with Gasteiger partial charge in [0.1, 0.15) is 0 Å². The molecule has 0 unspecified atom stereocenters. The Balaban J connectivity index is 1.95. The Hall–Kier alpha value is -1.09. The van der Waals surface area contributed by atoms with Crippen LogP contribution in [0.3, 0.4) is 0 Å². The molecule has 1 aliphatic carbocycles. The highest BCUT2D eigenvalue weighted by atomic mass is 16.1. The number of pyridine rings is 1. The number of hydrogen-bond donors (Lipinski definition) is 1. The minimum atomic E-state index is 0.178. The smallest absolute Gasteiger partial charge is 0.255 e. The number of nitrogens with zero attached hydrogens (tertiary/aromatic N) is 1. The van der Waals surface area contributed by atoms with Crippen LogP contribution in [0.25, 0.3) is 0 Å². The predicted octanol–water partition coefficient (Wildman–Crippen LogP) is 2.29. The molecule has 1 fully saturated rings. The molecular formula is C14H22N2O. The van der Waals surface area contributed by atoms with Crippen molar-refractivity contribution in [3.8, 4) is 0 Å². The molecule has 1 aromatic rings. The lowest BCUT2D eigenvalue weighted by Gasteiger charge is -2.08. The van der Waals surface area contributed by atoms with Crippen molar-refractivity contribution in [2.45, 2.75) is 58.2 Å². The molecule has 0 aromatic carbocycles. The largest absolute Gasteiger partial charge is 0.315 e. The summed E-state index contributed by atoms with van der Waals surface area (Å²) in [6.45, 7) is 3.75. The van der Waals surface area contributed by atoms with Crippen molar-refractivity contribution in [3.05, 3.63) is 34.2 Å². The zero-order valence-corrected chi connectivity index (χ0v) is 10.6. The molecule has 17 heavy (non-hydrogen) atoms. The average molecular weight is 234 g/mol. The lowest BCUT2D eigenvalue weighted by atomic mass is 10.2. The number of hydrogen-bond acceptors (Lipinski definition) is 2. The lowest BCUT2D eigenvalue weighted by molar-refractivity contribution is 0.578. The normalized spacial score (nSPS) is 15.1. The van der Waals surface area contributed by atoms with Crippen molar-refractivity contribution in [1.29, 1.82) is 0 Å². The van der Waals surface area contributed by atoms with Crippen LogP contribution in [-0.2, 0) is 13.1 Å². The van der Waals surface area contributed by atoms with Gasteiger partial charge in [-0.05, 0) is 25.3 Å². The standard InChI is InChI=1S/C14H22N2O/c1-2-3-4-9-16-10-5-6-12(14(16)17)11-15-13-7-8-13/h5-6,10,13,15H,2-4,7-9,11H2,1H3. The van der Waals surface area contributed by atoms with E-state index in [1.165, 1.54) is 25.7 Å². The Bertz CT molecular complexity index is 407. The van der Waals surface area contributed by atoms with E-state index in [2.05, 4.69) is 12.2 Å². The first-order valence-electron chi connectivity index (χ1n) is 6.73. The Labute approximate surface area is 103 Å². The van der Waals surface area contributed by atoms with Crippen LogP contribution in [0.2, 0.25) is 0 Å². The molecule has 1 N–H and O–H groups in total. The minimum absolute atomic E-state index is 0.178. The van der Waals surface area contributed by atoms with Gasteiger partial charge in [-0.1, -0.05) is 25.8 Å². The molecule has 3 heteroatoms. The van der Waals surface area contributed by atoms with E-state index >= 15 is 0 Å². The van der Waals surface area contributed by atoms with Crippen LogP contribution in [0.1, 0.15) is 44.6 Å². The molecule has 0 atom stereocenters. The van der Waals surface area contributed by atoms with Crippen molar-refractivity contribution in [2.75, 3.05) is 0 Å². The summed E-state index contributed by atoms with van der Waals surface area (Å²) in [5, 5.41) is 3.39. The topological polar surface area (TPSA) is 34.0 Å². The second-order valence-corrected chi connectivity index (χ2v) is 4.89. The van der Waals surface area contributed by atoms with Crippen LogP contribution in [0.5, 0.6) is 0 Å². The Morgan fingerprint density at radius 2 is 2.24 bits per heavy atom. The molecule has 0 bridgehead atoms. The average Bonchev–Trinajstić information content (AvgIpc) is 3.14. The highest BCUT2D eigenvalue weighted by molar-refractivity contribution is 5.10. The van der Waals surface area contributed by atoms with Gasteiger partial charge in [0, 0.05) is 30.9 Å². The highest BCUT2D eigenvalue weighted by Crippen LogP contribution is 2.18. The quantitative estimate of drug-likeness (QED) is 0.734. The maximum Gasteiger partial charge on any atom is 0.255 e. The molecule has 0 amide bonds. The van der Waals surface area contributed by atoms with Crippen LogP contribution in [0, 0.1) is 0 Å². The highest BCUT2D eigenvalue weighted by Gasteiger charge is 2.20. The Kier molecular flexibility index (Phi) is 4.37. The molecule has 1 aromatic heterocycles. The summed E-state index contributed by atoms with van der Waals surface area (Å²) in [5.74, 6) is 0. The van der Waals surface area contributed by atoms with E-state index in [1.54, 1.807) is 0 Å². The van der Waals surface area contributed by atoms with E-state index in [4.69, 9.17) is 0 Å². The fourth-order valence-corrected chi connectivity index (χ4v) is 1.97. The third-order valence-electron chi connectivity index (χ3n) is 3.26. The zero-order chi connectivity index (χ0) is 12.1. The number of aromatic nitrogens is 1. The van der Waals surface area contributed by atoms with Crippen molar-refractivity contribution in [1.82, 2.24) is 9.88 Å². The van der Waals surface area contributed by atoms with Crippen LogP contribution in [0.15, 0.2) is 23.1 Å². The van der Waals surface area contributed by atoms with E-state index in [0.29, 0.717) is 6.04 Å². The van der Waals surface area contributed by atoms with Gasteiger partial charge < -0.3 is 9.88 Å². The summed E-state index contributed by atoms with van der Waals surface area (Å²) in [6.07, 6.45) is 7.90. The molecule has 1 aliphatic rings. The van der Waals surface area contributed by atoms with Gasteiger partial charge in [0.15, 0.2) is 0 Å². The molecule has 2 rings (SSSR count). The fourth-order valence-electron chi connectivity index (χ4n) is 1.97. The first kappa shape index (κ1) is 12.4. The third-order valence-corrected chi connectivity index (χ3v) is 3.26. The Morgan fingerprint density at radius 3 is 2.94 bits per heavy atom. The molecular weight excluding hydrogens is 212 g/mol. The molecule has 0 spiro atoms. The van der Waals surface area contributed by atoms with Gasteiger partial charge in [0.05, 0.1) is 0 Å². The van der Waals surface area contributed by atoms with Gasteiger partial charge in [-0.3, -0.25) is 4.79 Å². The summed E-state index contributed by atoms with van der Waals surface area (Å²) >= 11 is 0. The molecule has 0 aliphatic heterocycles. The third kappa shape index (κ3) is 3.70. The van der Waals surface area contributed by atoms with Crippen molar-refractivity contribution in [3.63, 3.8) is 0 Å². The molecule has 94 valence electrons. The summed E-state index contributed by atoms with van der Waals surface area (Å²) in [5.41, 5.74) is 1.08. The molecule has 0 radical (unpaired) electrons. The second kappa shape index (κ2) is 6.01. The van der Waals surface area contributed by atoms with E-state index < -0.39 is 0 Å². The van der Waals surface area contributed by atoms with Gasteiger partial charge in [-0.2, -0.15) is 0 Å². The maximum atomic E-state index is 12.1. The van der Waals surface area contributed by atoms with Crippen LogP contribution in [-0.4, -0.2) is 10.6 Å². The maximum absolute atomic E-state index is 12.1. The molecule has 1 heterocycles. The van der Waals surface area contributed by atoms with Gasteiger partial charge >= 0.3 is 0 Å². The van der Waals surface area contributed by atoms with Gasteiger partial charge in [0.2, 0.25) is 0 Å². The molecule has 0 saturated heterocycles. The number of nitrogens with one attached hydrogen (secondary N) is 1. The van der Waals surface area contributed by atoms with Crippen molar-refractivity contribution in [2.24, 2.45) is 0 Å². The van der Waals surface area contributed by atoms with E-state index in [0.717, 1.165) is 25.1 Å². The van der Waals surface area contributed by atoms with Crippen molar-refractivity contribution >= 4 is 0 Å². The summed E-state index contributed by atoms with van der Waals surface area (Å²) in [4.78, 5) is 12.1. The Morgan fingerprint density at radius 1 is 1.41 bits per heavy atom. The SMILES string of the molecule is CCCCCn1cccc(CNC2CC2)c1=O. The second-order valence-electron chi connectivity index (χ2n) is 4.89. The monoisotopic (exact) mass is 234 g/mol. The number of unbranched alkanes of at least 4 members (excludes halogenated alkanes) is 2. The van der Waals surface area contributed by atoms with E-state index in [1.807, 2.05) is 22.9 Å². The summed E-state index contributed by atoms with van der Waals surface area (Å²) in [7, 11) is 0. The number of rotatable bonds is 7. The predicted molar refractivity (Wildman–Crippen MR) is 70.1 cm³/mol. The van der Waals surface area contributed by atoms with Gasteiger partial charge in [0.25, 0.3) is 5.56 Å². The first-order chi connectivity index (χ1) is 8.31. The van der Waals surface area contributed by atoms with Crippen molar-refractivity contribution < 1.29 is 0 Å². The lowest BCUT2D eigenvalue weighted by Crippen LogP contribution is -2.27. The van der Waals surface area contributed by atoms with Crippen LogP contribution < -0.4 is 10.9 Å². The summed E-state index contributed by atoms with van der Waals surface area (Å²) in [6, 6.07) is 4.58. The van der Waals surface area contributed by atoms with Crippen LogP contribution >= 0.6 is 0 Å². The molecule has 3 nitrogen and oxygen atoms in total. The van der Waals surface area contributed by atoms with E-state index in [-0.39, 0.29) is 5.56 Å². The van der Waals surface area contributed by atoms with Gasteiger partial charge in [-0.15, -0.1) is 0 Å². The summed E-state index contributed by atoms with van der Waals surface area (Å²) < 4.78 is 1.85. The first-order valence-corrected chi connectivity index (χ1v) is 6.73. The fraction of sp³-hybridized carbons (Fsp3) is 0.643. The molecule has 1 saturated carbocycles. The number of aryl methyl sites for hydroxylation is 1. The van der Waals surface area contributed by atoms with E-state index in [9.17, 15) is 4.79 Å². The van der Waals surface area contributed by atoms with Gasteiger partial charge in [-0.25, -0.2) is 0 Å².